The van der Waals surface area contributed by atoms with Crippen LogP contribution in [0.5, 0.6) is 11.5 Å². The molecule has 0 saturated carbocycles. The van der Waals surface area contributed by atoms with Crippen LogP contribution in [0, 0.1) is 0 Å². The number of carbonyl (C=O) groups excluding carboxylic acids is 1. The molecule has 0 radical (unpaired) electrons. The molecule has 0 bridgehead atoms. The van der Waals surface area contributed by atoms with Gasteiger partial charge in [-0.05, 0) is 48.9 Å². The van der Waals surface area contributed by atoms with Gasteiger partial charge < -0.3 is 14.8 Å². The summed E-state index contributed by atoms with van der Waals surface area (Å²) in [6, 6.07) is 22.8. The summed E-state index contributed by atoms with van der Waals surface area (Å²) in [5.74, 6) is 0.451. The lowest BCUT2D eigenvalue weighted by Crippen LogP contribution is -2.49. The number of sulfonamides is 1. The van der Waals surface area contributed by atoms with Gasteiger partial charge in [0.2, 0.25) is 10.0 Å². The smallest absolute Gasteiger partial charge is 0.267 e. The summed E-state index contributed by atoms with van der Waals surface area (Å²) >= 11 is 0. The van der Waals surface area contributed by atoms with Crippen LogP contribution in [0.1, 0.15) is 12.5 Å². The van der Waals surface area contributed by atoms with Crippen molar-refractivity contribution in [3.05, 3.63) is 84.4 Å². The molecule has 32 heavy (non-hydrogen) atoms. The molecule has 0 saturated heterocycles. The Bertz CT molecular complexity index is 1180. The number of amides is 1. The highest BCUT2D eigenvalue weighted by Crippen LogP contribution is 2.36. The summed E-state index contributed by atoms with van der Waals surface area (Å²) in [5, 5.41) is 2.79. The second-order valence-corrected chi connectivity index (χ2v) is 9.19. The van der Waals surface area contributed by atoms with E-state index in [-0.39, 0.29) is 12.3 Å². The average Bonchev–Trinajstić information content (AvgIpc) is 2.80. The third kappa shape index (κ3) is 4.86. The summed E-state index contributed by atoms with van der Waals surface area (Å²) in [5.41, 5.74) is 1.67. The molecule has 1 atom stereocenters. The lowest BCUT2D eigenvalue weighted by atomic mass is 10.2. The molecule has 1 aliphatic heterocycles. The highest BCUT2D eigenvalue weighted by atomic mass is 32.2. The predicted molar refractivity (Wildman–Crippen MR) is 124 cm³/mol. The van der Waals surface area contributed by atoms with E-state index in [0.29, 0.717) is 35.0 Å². The van der Waals surface area contributed by atoms with E-state index in [1.807, 2.05) is 13.0 Å². The number of para-hydroxylation sites is 2. The molecule has 1 amide bonds. The van der Waals surface area contributed by atoms with Gasteiger partial charge in [0.25, 0.3) is 5.91 Å². The van der Waals surface area contributed by atoms with Crippen molar-refractivity contribution in [1.82, 2.24) is 0 Å². The second kappa shape index (κ2) is 9.32. The summed E-state index contributed by atoms with van der Waals surface area (Å²) < 4.78 is 39.1. The van der Waals surface area contributed by atoms with E-state index in [1.165, 1.54) is 4.31 Å². The van der Waals surface area contributed by atoms with Crippen molar-refractivity contribution in [1.29, 1.82) is 0 Å². The molecule has 3 aromatic rings. The molecule has 7 nitrogen and oxygen atoms in total. The summed E-state index contributed by atoms with van der Waals surface area (Å²) in [6.07, 6.45) is -0.998. The van der Waals surface area contributed by atoms with E-state index in [9.17, 15) is 13.2 Å². The van der Waals surface area contributed by atoms with Gasteiger partial charge >= 0.3 is 0 Å². The van der Waals surface area contributed by atoms with E-state index in [2.05, 4.69) is 5.32 Å². The molecule has 0 unspecified atom stereocenters. The SMILES string of the molecule is CCOc1ccc(NC(=O)[C@@H]2CN(S(=O)(=O)Cc3ccccc3)c3ccccc3O2)cc1. The number of benzene rings is 3. The fraction of sp³-hybridized carbons (Fsp3) is 0.208. The van der Waals surface area contributed by atoms with Crippen LogP contribution in [0.25, 0.3) is 0 Å². The molecular formula is C24H24N2O5S. The van der Waals surface area contributed by atoms with Crippen molar-refractivity contribution in [3.63, 3.8) is 0 Å². The Balaban J connectivity index is 1.55. The van der Waals surface area contributed by atoms with Gasteiger partial charge in [-0.3, -0.25) is 9.10 Å². The minimum atomic E-state index is -3.74. The van der Waals surface area contributed by atoms with Crippen LogP contribution in [0.15, 0.2) is 78.9 Å². The average molecular weight is 453 g/mol. The molecular weight excluding hydrogens is 428 g/mol. The first-order valence-corrected chi connectivity index (χ1v) is 11.9. The van der Waals surface area contributed by atoms with Crippen LogP contribution in [-0.4, -0.2) is 33.6 Å². The highest BCUT2D eigenvalue weighted by molar-refractivity contribution is 7.92. The standard InChI is InChI=1S/C24H24N2O5S/c1-2-30-20-14-12-19(13-15-20)25-24(27)23-16-26(21-10-6-7-11-22(21)31-23)32(28,29)17-18-8-4-3-5-9-18/h3-15,23H,2,16-17H2,1H3,(H,25,27)/t23-/m0/s1. The number of rotatable bonds is 7. The molecule has 166 valence electrons. The first kappa shape index (κ1) is 21.7. The van der Waals surface area contributed by atoms with Crippen molar-refractivity contribution in [2.45, 2.75) is 18.8 Å². The van der Waals surface area contributed by atoms with Gasteiger partial charge in [-0.25, -0.2) is 8.42 Å². The highest BCUT2D eigenvalue weighted by Gasteiger charge is 2.36. The molecule has 0 fully saturated rings. The van der Waals surface area contributed by atoms with Crippen molar-refractivity contribution in [2.75, 3.05) is 22.8 Å². The Labute approximate surface area is 187 Å². The zero-order valence-electron chi connectivity index (χ0n) is 17.6. The molecule has 3 aromatic carbocycles. The van der Waals surface area contributed by atoms with Gasteiger partial charge in [0.05, 0.1) is 24.6 Å². The largest absolute Gasteiger partial charge is 0.494 e. The Kier molecular flexibility index (Phi) is 6.32. The Morgan fingerprint density at radius 3 is 2.44 bits per heavy atom. The maximum atomic E-state index is 13.3. The molecule has 0 aromatic heterocycles. The molecule has 4 rings (SSSR count). The topological polar surface area (TPSA) is 84.9 Å². The maximum absolute atomic E-state index is 13.3. The lowest BCUT2D eigenvalue weighted by Gasteiger charge is -2.34. The van der Waals surface area contributed by atoms with Gasteiger partial charge in [0.1, 0.15) is 11.5 Å². The van der Waals surface area contributed by atoms with E-state index >= 15 is 0 Å². The Morgan fingerprint density at radius 2 is 1.72 bits per heavy atom. The number of carbonyl (C=O) groups is 1. The monoisotopic (exact) mass is 452 g/mol. The summed E-state index contributed by atoms with van der Waals surface area (Å²) in [6.45, 7) is 2.33. The van der Waals surface area contributed by atoms with Crippen LogP contribution in [-0.2, 0) is 20.6 Å². The minimum Gasteiger partial charge on any atom is -0.494 e. The molecule has 1 aliphatic rings. The zero-order valence-corrected chi connectivity index (χ0v) is 18.4. The maximum Gasteiger partial charge on any atom is 0.267 e. The quantitative estimate of drug-likeness (QED) is 0.589. The van der Waals surface area contributed by atoms with E-state index in [1.54, 1.807) is 72.8 Å². The third-order valence-electron chi connectivity index (χ3n) is 4.99. The van der Waals surface area contributed by atoms with Crippen molar-refractivity contribution >= 4 is 27.3 Å². The summed E-state index contributed by atoms with van der Waals surface area (Å²) in [4.78, 5) is 12.9. The zero-order chi connectivity index (χ0) is 22.6. The number of ether oxygens (including phenoxy) is 2. The van der Waals surface area contributed by atoms with Crippen molar-refractivity contribution in [2.24, 2.45) is 0 Å². The van der Waals surface area contributed by atoms with Crippen molar-refractivity contribution < 1.29 is 22.7 Å². The van der Waals surface area contributed by atoms with Gasteiger partial charge in [0, 0.05) is 5.69 Å². The minimum absolute atomic E-state index is 0.116. The molecule has 8 heteroatoms. The number of anilines is 2. The van der Waals surface area contributed by atoms with Gasteiger partial charge in [0.15, 0.2) is 6.10 Å². The fourth-order valence-electron chi connectivity index (χ4n) is 3.49. The normalized spacial score (nSPS) is 15.4. The van der Waals surface area contributed by atoms with E-state index in [0.717, 1.165) is 0 Å². The molecule has 1 heterocycles. The molecule has 0 spiro atoms. The number of hydrogen-bond acceptors (Lipinski definition) is 5. The van der Waals surface area contributed by atoms with Crippen LogP contribution in [0.2, 0.25) is 0 Å². The predicted octanol–water partition coefficient (Wildman–Crippen LogP) is 3.82. The van der Waals surface area contributed by atoms with Crippen LogP contribution in [0.4, 0.5) is 11.4 Å². The van der Waals surface area contributed by atoms with E-state index < -0.39 is 22.0 Å². The molecule has 0 aliphatic carbocycles. The third-order valence-corrected chi connectivity index (χ3v) is 6.70. The fourth-order valence-corrected chi connectivity index (χ4v) is 5.07. The van der Waals surface area contributed by atoms with Crippen LogP contribution < -0.4 is 19.1 Å². The van der Waals surface area contributed by atoms with Crippen LogP contribution in [0.3, 0.4) is 0 Å². The lowest BCUT2D eigenvalue weighted by molar-refractivity contribution is -0.122. The number of nitrogens with one attached hydrogen (secondary N) is 1. The molecule has 1 N–H and O–H groups in total. The Hall–Kier alpha value is -3.52. The number of fused-ring (bicyclic) bond motifs is 1. The van der Waals surface area contributed by atoms with Gasteiger partial charge in [-0.15, -0.1) is 0 Å². The Morgan fingerprint density at radius 1 is 1.03 bits per heavy atom. The van der Waals surface area contributed by atoms with Gasteiger partial charge in [-0.2, -0.15) is 0 Å². The van der Waals surface area contributed by atoms with E-state index in [4.69, 9.17) is 9.47 Å². The van der Waals surface area contributed by atoms with Gasteiger partial charge in [-0.1, -0.05) is 42.5 Å². The number of hydrogen-bond donors (Lipinski definition) is 1. The second-order valence-electron chi connectivity index (χ2n) is 7.29. The first-order chi connectivity index (χ1) is 15.5. The summed E-state index contributed by atoms with van der Waals surface area (Å²) in [7, 11) is -3.74. The van der Waals surface area contributed by atoms with Crippen LogP contribution >= 0.6 is 0 Å². The van der Waals surface area contributed by atoms with Crippen molar-refractivity contribution in [3.8, 4) is 11.5 Å². The number of nitrogens with zero attached hydrogens (tertiary/aromatic N) is 1. The first-order valence-electron chi connectivity index (χ1n) is 10.3.